The molecule has 140 valence electrons. The fourth-order valence-corrected chi connectivity index (χ4v) is 3.09. The van der Waals surface area contributed by atoms with Crippen molar-refractivity contribution in [2.45, 2.75) is 33.1 Å². The van der Waals surface area contributed by atoms with E-state index in [1.165, 1.54) is 5.56 Å². The zero-order valence-electron chi connectivity index (χ0n) is 16.1. The molecule has 5 nitrogen and oxygen atoms in total. The van der Waals surface area contributed by atoms with Crippen molar-refractivity contribution < 1.29 is 9.47 Å². The van der Waals surface area contributed by atoms with Crippen LogP contribution in [0, 0.1) is 5.92 Å². The first-order valence-electron chi connectivity index (χ1n) is 9.39. The van der Waals surface area contributed by atoms with E-state index in [9.17, 15) is 0 Å². The third kappa shape index (κ3) is 6.24. The Morgan fingerprint density at radius 2 is 2.08 bits per heavy atom. The summed E-state index contributed by atoms with van der Waals surface area (Å²) in [4.78, 5) is 7.04. The van der Waals surface area contributed by atoms with Gasteiger partial charge in [0.2, 0.25) is 0 Å². The van der Waals surface area contributed by atoms with Gasteiger partial charge in [0.25, 0.3) is 0 Å². The Bertz CT molecular complexity index is 528. The van der Waals surface area contributed by atoms with Gasteiger partial charge in [0.1, 0.15) is 12.4 Å². The summed E-state index contributed by atoms with van der Waals surface area (Å²) in [5.74, 6) is 3.04. The predicted octanol–water partition coefficient (Wildman–Crippen LogP) is 3.12. The van der Waals surface area contributed by atoms with Gasteiger partial charge in [-0.25, -0.2) is 4.99 Å². The van der Waals surface area contributed by atoms with Gasteiger partial charge in [-0.05, 0) is 37.0 Å². The second-order valence-electron chi connectivity index (χ2n) is 6.86. The highest BCUT2D eigenvalue weighted by Gasteiger charge is 2.24. The lowest BCUT2D eigenvalue weighted by Crippen LogP contribution is -2.40. The maximum absolute atomic E-state index is 5.82. The Labute approximate surface area is 152 Å². The van der Waals surface area contributed by atoms with Crippen LogP contribution < -0.4 is 10.1 Å². The van der Waals surface area contributed by atoms with Gasteiger partial charge < -0.3 is 19.7 Å². The standard InChI is InChI=1S/C20H33N3O2/c1-5-21-20(23-12-10-17(14-23)15-24-4)22-11-13-25-19-8-6-18(7-9-19)16(2)3/h6-9,16-17H,5,10-15H2,1-4H3,(H,21,22). The van der Waals surface area contributed by atoms with Crippen molar-refractivity contribution in [1.82, 2.24) is 10.2 Å². The molecule has 1 aliphatic heterocycles. The van der Waals surface area contributed by atoms with Crippen LogP contribution in [-0.4, -0.2) is 57.4 Å². The van der Waals surface area contributed by atoms with E-state index < -0.39 is 0 Å². The molecule has 1 fully saturated rings. The smallest absolute Gasteiger partial charge is 0.194 e. The molecule has 0 bridgehead atoms. The minimum atomic E-state index is 0.545. The highest BCUT2D eigenvalue weighted by atomic mass is 16.5. The van der Waals surface area contributed by atoms with Crippen molar-refractivity contribution in [1.29, 1.82) is 0 Å². The largest absolute Gasteiger partial charge is 0.492 e. The molecule has 1 aliphatic rings. The summed E-state index contributed by atoms with van der Waals surface area (Å²) < 4.78 is 11.1. The molecular formula is C20H33N3O2. The van der Waals surface area contributed by atoms with Crippen molar-refractivity contribution in [3.8, 4) is 5.75 Å². The van der Waals surface area contributed by atoms with Crippen molar-refractivity contribution in [3.63, 3.8) is 0 Å². The molecule has 0 radical (unpaired) electrons. The molecular weight excluding hydrogens is 314 g/mol. The summed E-state index contributed by atoms with van der Waals surface area (Å²) in [7, 11) is 1.77. The van der Waals surface area contributed by atoms with E-state index in [1.807, 2.05) is 12.1 Å². The number of likely N-dealkylation sites (tertiary alicyclic amines) is 1. The minimum absolute atomic E-state index is 0.545. The first-order valence-corrected chi connectivity index (χ1v) is 9.39. The van der Waals surface area contributed by atoms with Gasteiger partial charge in [-0.1, -0.05) is 26.0 Å². The van der Waals surface area contributed by atoms with Crippen LogP contribution in [0.2, 0.25) is 0 Å². The van der Waals surface area contributed by atoms with E-state index >= 15 is 0 Å². The van der Waals surface area contributed by atoms with E-state index in [4.69, 9.17) is 14.5 Å². The number of aliphatic imine (C=N–C) groups is 1. The number of benzene rings is 1. The van der Waals surface area contributed by atoms with Gasteiger partial charge in [0.05, 0.1) is 13.2 Å². The lowest BCUT2D eigenvalue weighted by atomic mass is 10.0. The summed E-state index contributed by atoms with van der Waals surface area (Å²) in [6.45, 7) is 11.5. The molecule has 1 unspecified atom stereocenters. The van der Waals surface area contributed by atoms with Gasteiger partial charge in [-0.15, -0.1) is 0 Å². The van der Waals surface area contributed by atoms with Crippen LogP contribution in [0.1, 0.15) is 38.7 Å². The second kappa shape index (κ2) is 10.3. The SMILES string of the molecule is CCNC(=NCCOc1ccc(C(C)C)cc1)N1CCC(COC)C1. The Kier molecular flexibility index (Phi) is 8.06. The van der Waals surface area contributed by atoms with E-state index in [0.717, 1.165) is 44.4 Å². The number of nitrogens with zero attached hydrogens (tertiary/aromatic N) is 2. The monoisotopic (exact) mass is 347 g/mol. The lowest BCUT2D eigenvalue weighted by molar-refractivity contribution is 0.157. The van der Waals surface area contributed by atoms with E-state index in [1.54, 1.807) is 7.11 Å². The molecule has 0 spiro atoms. The van der Waals surface area contributed by atoms with Crippen molar-refractivity contribution in [2.24, 2.45) is 10.9 Å². The fourth-order valence-electron chi connectivity index (χ4n) is 3.09. The summed E-state index contributed by atoms with van der Waals surface area (Å²) >= 11 is 0. The maximum Gasteiger partial charge on any atom is 0.194 e. The molecule has 2 rings (SSSR count). The molecule has 1 aromatic rings. The Balaban J connectivity index is 1.81. The summed E-state index contributed by atoms with van der Waals surface area (Å²) in [5, 5.41) is 3.39. The highest BCUT2D eigenvalue weighted by molar-refractivity contribution is 5.80. The number of rotatable bonds is 8. The van der Waals surface area contributed by atoms with Crippen molar-refractivity contribution in [3.05, 3.63) is 29.8 Å². The minimum Gasteiger partial charge on any atom is -0.492 e. The molecule has 1 atom stereocenters. The zero-order chi connectivity index (χ0) is 18.1. The number of ether oxygens (including phenoxy) is 2. The molecule has 0 aliphatic carbocycles. The quantitative estimate of drug-likeness (QED) is 0.446. The summed E-state index contributed by atoms with van der Waals surface area (Å²) in [6, 6.07) is 8.35. The van der Waals surface area contributed by atoms with E-state index in [-0.39, 0.29) is 0 Å². The number of methoxy groups -OCH3 is 1. The fraction of sp³-hybridized carbons (Fsp3) is 0.650. The average Bonchev–Trinajstić information content (AvgIpc) is 3.07. The van der Waals surface area contributed by atoms with Gasteiger partial charge in [0.15, 0.2) is 5.96 Å². The third-order valence-electron chi connectivity index (χ3n) is 4.49. The zero-order valence-corrected chi connectivity index (χ0v) is 16.1. The van der Waals surface area contributed by atoms with Crippen LogP contribution in [0.5, 0.6) is 5.75 Å². The molecule has 25 heavy (non-hydrogen) atoms. The van der Waals surface area contributed by atoms with Crippen LogP contribution in [-0.2, 0) is 4.74 Å². The summed E-state index contributed by atoms with van der Waals surface area (Å²) in [6.07, 6.45) is 1.16. The van der Waals surface area contributed by atoms with Crippen LogP contribution in [0.3, 0.4) is 0 Å². The first-order chi connectivity index (χ1) is 12.1. The van der Waals surface area contributed by atoms with Crippen LogP contribution in [0.15, 0.2) is 29.3 Å². The molecule has 5 heteroatoms. The number of guanidine groups is 1. The van der Waals surface area contributed by atoms with Gasteiger partial charge in [-0.2, -0.15) is 0 Å². The molecule has 1 N–H and O–H groups in total. The number of hydrogen-bond donors (Lipinski definition) is 1. The molecule has 1 aromatic carbocycles. The Morgan fingerprint density at radius 3 is 2.72 bits per heavy atom. The number of hydrogen-bond acceptors (Lipinski definition) is 3. The molecule has 1 heterocycles. The molecule has 1 saturated heterocycles. The van der Waals surface area contributed by atoms with E-state index in [0.29, 0.717) is 25.0 Å². The normalized spacial score (nSPS) is 18.0. The predicted molar refractivity (Wildman–Crippen MR) is 104 cm³/mol. The van der Waals surface area contributed by atoms with E-state index in [2.05, 4.69) is 43.1 Å². The van der Waals surface area contributed by atoms with Crippen LogP contribution >= 0.6 is 0 Å². The lowest BCUT2D eigenvalue weighted by Gasteiger charge is -2.21. The van der Waals surface area contributed by atoms with Crippen LogP contribution in [0.4, 0.5) is 0 Å². The average molecular weight is 348 g/mol. The van der Waals surface area contributed by atoms with Gasteiger partial charge in [0, 0.05) is 32.7 Å². The summed E-state index contributed by atoms with van der Waals surface area (Å²) in [5.41, 5.74) is 1.33. The molecule has 0 amide bonds. The van der Waals surface area contributed by atoms with Crippen molar-refractivity contribution >= 4 is 5.96 Å². The first kappa shape index (κ1) is 19.6. The number of nitrogens with one attached hydrogen (secondary N) is 1. The van der Waals surface area contributed by atoms with Gasteiger partial charge in [-0.3, -0.25) is 0 Å². The van der Waals surface area contributed by atoms with Crippen LogP contribution in [0.25, 0.3) is 0 Å². The second-order valence-corrected chi connectivity index (χ2v) is 6.86. The Morgan fingerprint density at radius 1 is 1.32 bits per heavy atom. The molecule has 0 aromatic heterocycles. The van der Waals surface area contributed by atoms with Crippen molar-refractivity contribution in [2.75, 3.05) is 46.5 Å². The Hall–Kier alpha value is -1.75. The topological polar surface area (TPSA) is 46.1 Å². The molecule has 0 saturated carbocycles. The third-order valence-corrected chi connectivity index (χ3v) is 4.49. The maximum atomic E-state index is 5.82. The van der Waals surface area contributed by atoms with Gasteiger partial charge >= 0.3 is 0 Å². The highest BCUT2D eigenvalue weighted by Crippen LogP contribution is 2.19.